The van der Waals surface area contributed by atoms with E-state index in [1.165, 1.54) is 15.6 Å². The van der Waals surface area contributed by atoms with Gasteiger partial charge in [0.05, 0.1) is 31.6 Å². The molecule has 12 nitrogen and oxygen atoms in total. The molecular weight excluding hydrogens is 593 g/mol. The van der Waals surface area contributed by atoms with Gasteiger partial charge in [0.15, 0.2) is 5.69 Å². The predicted octanol–water partition coefficient (Wildman–Crippen LogP) is 2.58. The highest BCUT2D eigenvalue weighted by molar-refractivity contribution is 6.05. The number of aromatic nitrogens is 4. The quantitative estimate of drug-likeness (QED) is 0.398. The number of hydrogen-bond donors (Lipinski definition) is 1. The van der Waals surface area contributed by atoms with E-state index in [-0.39, 0.29) is 48.3 Å². The summed E-state index contributed by atoms with van der Waals surface area (Å²) in [5, 5.41) is 10.9. The molecular formula is C30H33F3N8O4. The lowest BCUT2D eigenvalue weighted by atomic mass is 10.0. The minimum absolute atomic E-state index is 0.112. The van der Waals surface area contributed by atoms with Gasteiger partial charge < -0.3 is 14.5 Å². The highest BCUT2D eigenvalue weighted by Crippen LogP contribution is 2.33. The van der Waals surface area contributed by atoms with Crippen molar-refractivity contribution in [3.05, 3.63) is 58.8 Å². The second-order valence-corrected chi connectivity index (χ2v) is 11.9. The SMILES string of the molecule is O=C1CCC(N2Cc3cc(CN4CCC(n5cc(-n6nccc6N6CCOCC6)c(C(F)F)n5)CC4)c(F)cc3C2=O)C(=O)N1. The molecule has 45 heavy (non-hydrogen) atoms. The number of imide groups is 1. The van der Waals surface area contributed by atoms with Gasteiger partial charge in [-0.05, 0) is 37.0 Å². The van der Waals surface area contributed by atoms with Crippen LogP contribution >= 0.6 is 0 Å². The lowest BCUT2D eigenvalue weighted by Gasteiger charge is -2.32. The number of amides is 3. The van der Waals surface area contributed by atoms with Gasteiger partial charge in [-0.15, -0.1) is 0 Å². The molecule has 1 aromatic carbocycles. The third-order valence-electron chi connectivity index (χ3n) is 9.15. The summed E-state index contributed by atoms with van der Waals surface area (Å²) in [4.78, 5) is 42.4. The molecule has 0 bridgehead atoms. The van der Waals surface area contributed by atoms with Crippen LogP contribution in [0.3, 0.4) is 0 Å². The smallest absolute Gasteiger partial charge is 0.284 e. The van der Waals surface area contributed by atoms with Crippen molar-refractivity contribution in [3.63, 3.8) is 0 Å². The highest BCUT2D eigenvalue weighted by Gasteiger charge is 2.39. The number of likely N-dealkylation sites (tertiary alicyclic amines) is 1. The maximum absolute atomic E-state index is 15.2. The number of carbonyl (C=O) groups is 3. The van der Waals surface area contributed by atoms with Gasteiger partial charge in [-0.1, -0.05) is 0 Å². The average molecular weight is 627 g/mol. The van der Waals surface area contributed by atoms with Crippen molar-refractivity contribution in [1.29, 1.82) is 0 Å². The number of hydrogen-bond acceptors (Lipinski definition) is 8. The first-order chi connectivity index (χ1) is 21.8. The number of nitrogens with one attached hydrogen (secondary N) is 1. The Kier molecular flexibility index (Phi) is 7.81. The first-order valence-electron chi connectivity index (χ1n) is 15.2. The zero-order chi connectivity index (χ0) is 31.2. The molecule has 238 valence electrons. The van der Waals surface area contributed by atoms with Crippen LogP contribution in [0.4, 0.5) is 19.0 Å². The number of halogens is 3. The van der Waals surface area contributed by atoms with Crippen LogP contribution in [-0.2, 0) is 27.4 Å². The molecule has 3 aromatic rings. The Morgan fingerprint density at radius 1 is 1.04 bits per heavy atom. The molecule has 3 amide bonds. The van der Waals surface area contributed by atoms with Crippen LogP contribution in [0.15, 0.2) is 30.6 Å². The molecule has 1 unspecified atom stereocenters. The molecule has 3 fully saturated rings. The molecule has 1 atom stereocenters. The molecule has 0 saturated carbocycles. The average Bonchev–Trinajstić information content (AvgIpc) is 3.76. The van der Waals surface area contributed by atoms with E-state index in [1.807, 2.05) is 0 Å². The first kappa shape index (κ1) is 29.5. The standard InChI is InChI=1S/C30H33F3N8O4/c31-22-14-21-18(16-39(30(21)44)23-1-2-25(42)35-29(23)43)13-19(22)15-37-7-4-20(5-8-37)40-17-24(27(36-40)28(32)33)41-26(3-6-34-41)38-9-11-45-12-10-38/h3,6,13-14,17,20,23,28H,1-2,4-5,7-12,15-16H2,(H,35,42,43). The summed E-state index contributed by atoms with van der Waals surface area (Å²) in [6.07, 6.45) is 2.11. The summed E-state index contributed by atoms with van der Waals surface area (Å²) in [6.45, 7) is 4.08. The van der Waals surface area contributed by atoms with E-state index in [1.54, 1.807) is 29.2 Å². The van der Waals surface area contributed by atoms with Crippen LogP contribution in [-0.4, -0.2) is 92.5 Å². The maximum Gasteiger partial charge on any atom is 0.284 e. The van der Waals surface area contributed by atoms with Gasteiger partial charge in [0.25, 0.3) is 12.3 Å². The van der Waals surface area contributed by atoms with Crippen molar-refractivity contribution in [2.24, 2.45) is 0 Å². The fourth-order valence-electron chi connectivity index (χ4n) is 6.76. The van der Waals surface area contributed by atoms with Crippen LogP contribution in [0.5, 0.6) is 0 Å². The number of alkyl halides is 2. The lowest BCUT2D eigenvalue weighted by Crippen LogP contribution is -2.52. The number of morpholine rings is 1. The van der Waals surface area contributed by atoms with E-state index in [0.717, 1.165) is 0 Å². The minimum atomic E-state index is -2.77. The third kappa shape index (κ3) is 5.58. The molecule has 4 aliphatic heterocycles. The Morgan fingerprint density at radius 2 is 1.82 bits per heavy atom. The second-order valence-electron chi connectivity index (χ2n) is 11.9. The van der Waals surface area contributed by atoms with Crippen LogP contribution in [0.2, 0.25) is 0 Å². The topological polar surface area (TPSA) is 118 Å². The molecule has 2 aromatic heterocycles. The van der Waals surface area contributed by atoms with Crippen molar-refractivity contribution in [2.45, 2.75) is 57.3 Å². The van der Waals surface area contributed by atoms with Crippen molar-refractivity contribution < 1.29 is 32.3 Å². The van der Waals surface area contributed by atoms with E-state index in [2.05, 4.69) is 25.3 Å². The van der Waals surface area contributed by atoms with Gasteiger partial charge in [0.2, 0.25) is 11.8 Å². The first-order valence-corrected chi connectivity index (χ1v) is 15.2. The van der Waals surface area contributed by atoms with Gasteiger partial charge in [0, 0.05) is 62.9 Å². The molecule has 4 aliphatic rings. The van der Waals surface area contributed by atoms with E-state index < -0.39 is 30.1 Å². The molecule has 0 radical (unpaired) electrons. The lowest BCUT2D eigenvalue weighted by molar-refractivity contribution is -0.136. The Labute approximate surface area is 256 Å². The number of fused-ring (bicyclic) bond motifs is 1. The van der Waals surface area contributed by atoms with Gasteiger partial charge in [-0.25, -0.2) is 17.9 Å². The van der Waals surface area contributed by atoms with E-state index in [9.17, 15) is 23.2 Å². The monoisotopic (exact) mass is 626 g/mol. The van der Waals surface area contributed by atoms with Crippen molar-refractivity contribution in [3.8, 4) is 5.69 Å². The van der Waals surface area contributed by atoms with Gasteiger partial charge in [-0.2, -0.15) is 10.2 Å². The Balaban J connectivity index is 1.02. The summed E-state index contributed by atoms with van der Waals surface area (Å²) in [5.74, 6) is -1.07. The van der Waals surface area contributed by atoms with Crippen LogP contribution in [0.25, 0.3) is 5.69 Å². The van der Waals surface area contributed by atoms with Gasteiger partial charge in [0.1, 0.15) is 23.4 Å². The van der Waals surface area contributed by atoms with Crippen LogP contribution < -0.4 is 10.2 Å². The maximum atomic E-state index is 15.2. The minimum Gasteiger partial charge on any atom is -0.378 e. The van der Waals surface area contributed by atoms with Crippen molar-refractivity contribution >= 4 is 23.5 Å². The summed E-state index contributed by atoms with van der Waals surface area (Å²) < 4.78 is 52.1. The Morgan fingerprint density at radius 3 is 2.56 bits per heavy atom. The van der Waals surface area contributed by atoms with E-state index >= 15 is 4.39 Å². The molecule has 3 saturated heterocycles. The number of carbonyl (C=O) groups excluding carboxylic acids is 3. The molecule has 1 N–H and O–H groups in total. The van der Waals surface area contributed by atoms with E-state index in [4.69, 9.17) is 4.74 Å². The number of anilines is 1. The largest absolute Gasteiger partial charge is 0.378 e. The molecule has 6 heterocycles. The fourth-order valence-corrected chi connectivity index (χ4v) is 6.76. The zero-order valence-corrected chi connectivity index (χ0v) is 24.5. The van der Waals surface area contributed by atoms with Gasteiger partial charge >= 0.3 is 0 Å². The molecule has 15 heteroatoms. The number of nitrogens with zero attached hydrogens (tertiary/aromatic N) is 7. The fraction of sp³-hybridized carbons (Fsp3) is 0.500. The van der Waals surface area contributed by atoms with Crippen LogP contribution in [0.1, 0.15) is 65.3 Å². The summed E-state index contributed by atoms with van der Waals surface area (Å²) in [5.41, 5.74) is 1.25. The number of piperidine rings is 2. The van der Waals surface area contributed by atoms with E-state index in [0.29, 0.717) is 75.7 Å². The van der Waals surface area contributed by atoms with Crippen molar-refractivity contribution in [2.75, 3.05) is 44.3 Å². The third-order valence-corrected chi connectivity index (χ3v) is 9.15. The summed E-state index contributed by atoms with van der Waals surface area (Å²) >= 11 is 0. The molecule has 0 spiro atoms. The molecule has 7 rings (SSSR count). The normalized spacial score (nSPS) is 21.6. The van der Waals surface area contributed by atoms with Gasteiger partial charge in [-0.3, -0.25) is 29.3 Å². The molecule has 0 aliphatic carbocycles. The number of ether oxygens (including phenoxy) is 1. The van der Waals surface area contributed by atoms with Crippen molar-refractivity contribution in [1.82, 2.24) is 34.7 Å². The highest BCUT2D eigenvalue weighted by atomic mass is 19.3. The number of rotatable bonds is 7. The van der Waals surface area contributed by atoms with Crippen LogP contribution in [0, 0.1) is 5.82 Å². The zero-order valence-electron chi connectivity index (χ0n) is 24.5. The predicted molar refractivity (Wildman–Crippen MR) is 153 cm³/mol. The Hall–Kier alpha value is -4.24. The Bertz CT molecular complexity index is 1630. The number of benzene rings is 1. The second kappa shape index (κ2) is 11.9. The summed E-state index contributed by atoms with van der Waals surface area (Å²) in [6, 6.07) is 3.85. The summed E-state index contributed by atoms with van der Waals surface area (Å²) in [7, 11) is 0.